The van der Waals surface area contributed by atoms with Gasteiger partial charge in [-0.2, -0.15) is 5.10 Å². The second kappa shape index (κ2) is 7.37. The van der Waals surface area contributed by atoms with E-state index in [-0.39, 0.29) is 0 Å². The number of rotatable bonds is 4. The Labute approximate surface area is 172 Å². The van der Waals surface area contributed by atoms with E-state index in [1.165, 1.54) is 0 Å². The number of nitrogens with zero attached hydrogens (tertiary/aromatic N) is 2. The van der Waals surface area contributed by atoms with Gasteiger partial charge in [-0.15, -0.1) is 0 Å². The molecule has 2 aromatic heterocycles. The van der Waals surface area contributed by atoms with Crippen LogP contribution in [0.25, 0.3) is 39.2 Å². The van der Waals surface area contributed by atoms with Crippen LogP contribution in [-0.4, -0.2) is 16.9 Å². The van der Waals surface area contributed by atoms with Crippen molar-refractivity contribution in [3.8, 4) is 34.0 Å². The van der Waals surface area contributed by atoms with Gasteiger partial charge in [-0.25, -0.2) is 9.48 Å². The Hall–Kier alpha value is -4.12. The van der Waals surface area contributed by atoms with Crippen molar-refractivity contribution in [3.05, 3.63) is 101 Å². The van der Waals surface area contributed by atoms with Gasteiger partial charge in [-0.05, 0) is 54.6 Å². The Morgan fingerprint density at radius 2 is 1.60 bits per heavy atom. The summed E-state index contributed by atoms with van der Waals surface area (Å²) in [5.41, 5.74) is 3.84. The summed E-state index contributed by atoms with van der Waals surface area (Å²) in [7, 11) is 1.64. The molecule has 5 aromatic rings. The van der Waals surface area contributed by atoms with E-state index in [0.717, 1.165) is 28.1 Å². The highest BCUT2D eigenvalue weighted by molar-refractivity contribution is 5.82. The van der Waals surface area contributed by atoms with E-state index in [9.17, 15) is 4.79 Å². The van der Waals surface area contributed by atoms with E-state index >= 15 is 0 Å². The van der Waals surface area contributed by atoms with Crippen LogP contribution in [0.4, 0.5) is 0 Å². The Bertz CT molecular complexity index is 1380. The zero-order chi connectivity index (χ0) is 20.5. The minimum absolute atomic E-state index is 0.396. The van der Waals surface area contributed by atoms with E-state index in [0.29, 0.717) is 16.8 Å². The van der Waals surface area contributed by atoms with Crippen LogP contribution in [0.5, 0.6) is 5.75 Å². The van der Waals surface area contributed by atoms with Crippen molar-refractivity contribution in [2.45, 2.75) is 0 Å². The third-order valence-corrected chi connectivity index (χ3v) is 5.01. The summed E-state index contributed by atoms with van der Waals surface area (Å²) in [6, 6.07) is 28.7. The standard InChI is InChI=1S/C25H18N2O3/c1-29-20-13-11-17(12-14-20)22-16-23(27(26-22)19-8-3-2-4-9-19)21-15-18-7-5-6-10-24(18)30-25(21)28/h2-16H,1H3. The fourth-order valence-corrected chi connectivity index (χ4v) is 3.48. The molecule has 0 saturated carbocycles. The first-order valence-electron chi connectivity index (χ1n) is 9.56. The van der Waals surface area contributed by atoms with Crippen LogP contribution in [0.3, 0.4) is 0 Å². The van der Waals surface area contributed by atoms with E-state index in [2.05, 4.69) is 0 Å². The molecule has 0 amide bonds. The summed E-state index contributed by atoms with van der Waals surface area (Å²) in [5.74, 6) is 0.775. The molecule has 0 unspecified atom stereocenters. The summed E-state index contributed by atoms with van der Waals surface area (Å²) in [5, 5.41) is 5.66. The lowest BCUT2D eigenvalue weighted by Crippen LogP contribution is -2.07. The van der Waals surface area contributed by atoms with Gasteiger partial charge in [0.25, 0.3) is 0 Å². The largest absolute Gasteiger partial charge is 0.497 e. The number of benzene rings is 3. The molecule has 0 atom stereocenters. The fourth-order valence-electron chi connectivity index (χ4n) is 3.48. The average molecular weight is 394 g/mol. The van der Waals surface area contributed by atoms with Gasteiger partial charge in [-0.1, -0.05) is 36.4 Å². The lowest BCUT2D eigenvalue weighted by atomic mass is 10.1. The van der Waals surface area contributed by atoms with Gasteiger partial charge in [0.05, 0.1) is 29.7 Å². The molecule has 0 fully saturated rings. The normalized spacial score (nSPS) is 11.0. The van der Waals surface area contributed by atoms with Crippen molar-refractivity contribution < 1.29 is 9.15 Å². The summed E-state index contributed by atoms with van der Waals surface area (Å²) >= 11 is 0. The van der Waals surface area contributed by atoms with Crippen LogP contribution < -0.4 is 10.4 Å². The van der Waals surface area contributed by atoms with Crippen molar-refractivity contribution in [3.63, 3.8) is 0 Å². The average Bonchev–Trinajstić information content (AvgIpc) is 3.24. The molecule has 5 nitrogen and oxygen atoms in total. The minimum Gasteiger partial charge on any atom is -0.497 e. The molecular formula is C25H18N2O3. The quantitative estimate of drug-likeness (QED) is 0.387. The van der Waals surface area contributed by atoms with Gasteiger partial charge in [0, 0.05) is 10.9 Å². The third kappa shape index (κ3) is 3.16. The first-order valence-corrected chi connectivity index (χ1v) is 9.56. The molecule has 146 valence electrons. The van der Waals surface area contributed by atoms with Gasteiger partial charge in [0.2, 0.25) is 0 Å². The van der Waals surface area contributed by atoms with Crippen molar-refractivity contribution in [2.24, 2.45) is 0 Å². The molecule has 0 N–H and O–H groups in total. The molecule has 0 saturated heterocycles. The molecule has 2 heterocycles. The number of aromatic nitrogens is 2. The van der Waals surface area contributed by atoms with Crippen molar-refractivity contribution in [1.29, 1.82) is 0 Å². The third-order valence-electron chi connectivity index (χ3n) is 5.01. The molecule has 30 heavy (non-hydrogen) atoms. The molecule has 0 bridgehead atoms. The highest BCUT2D eigenvalue weighted by atomic mass is 16.5. The smallest absolute Gasteiger partial charge is 0.345 e. The first-order chi connectivity index (χ1) is 14.7. The van der Waals surface area contributed by atoms with Crippen LogP contribution >= 0.6 is 0 Å². The monoisotopic (exact) mass is 394 g/mol. The second-order valence-electron chi connectivity index (χ2n) is 6.88. The Morgan fingerprint density at radius 3 is 2.37 bits per heavy atom. The SMILES string of the molecule is COc1ccc(-c2cc(-c3cc4ccccc4oc3=O)n(-c3ccccc3)n2)cc1. The van der Waals surface area contributed by atoms with Gasteiger partial charge < -0.3 is 9.15 Å². The topological polar surface area (TPSA) is 57.3 Å². The van der Waals surface area contributed by atoms with Crippen LogP contribution in [0.2, 0.25) is 0 Å². The highest BCUT2D eigenvalue weighted by Gasteiger charge is 2.17. The summed E-state index contributed by atoms with van der Waals surface area (Å²) in [6.07, 6.45) is 0. The molecule has 5 rings (SSSR count). The number of methoxy groups -OCH3 is 1. The van der Waals surface area contributed by atoms with Crippen molar-refractivity contribution >= 4 is 11.0 Å². The maximum Gasteiger partial charge on any atom is 0.345 e. The molecular weight excluding hydrogens is 376 g/mol. The number of hydrogen-bond donors (Lipinski definition) is 0. The number of fused-ring (bicyclic) bond motifs is 1. The Balaban J connectivity index is 1.73. The predicted molar refractivity (Wildman–Crippen MR) is 117 cm³/mol. The lowest BCUT2D eigenvalue weighted by Gasteiger charge is -2.07. The Morgan fingerprint density at radius 1 is 0.867 bits per heavy atom. The van der Waals surface area contributed by atoms with Gasteiger partial charge >= 0.3 is 5.63 Å². The maximum absolute atomic E-state index is 12.8. The van der Waals surface area contributed by atoms with Crippen LogP contribution in [0.15, 0.2) is 100 Å². The van der Waals surface area contributed by atoms with Gasteiger partial charge in [0.1, 0.15) is 11.3 Å². The first kappa shape index (κ1) is 17.9. The second-order valence-corrected chi connectivity index (χ2v) is 6.88. The summed E-state index contributed by atoms with van der Waals surface area (Å²) < 4.78 is 12.6. The summed E-state index contributed by atoms with van der Waals surface area (Å²) in [4.78, 5) is 12.8. The van der Waals surface area contributed by atoms with Gasteiger partial charge in [-0.3, -0.25) is 0 Å². The zero-order valence-electron chi connectivity index (χ0n) is 16.3. The highest BCUT2D eigenvalue weighted by Crippen LogP contribution is 2.29. The molecule has 0 aliphatic heterocycles. The number of ether oxygens (including phenoxy) is 1. The van der Waals surface area contributed by atoms with Crippen LogP contribution in [0.1, 0.15) is 0 Å². The van der Waals surface area contributed by atoms with E-state index < -0.39 is 5.63 Å². The lowest BCUT2D eigenvalue weighted by molar-refractivity contribution is 0.415. The van der Waals surface area contributed by atoms with Crippen LogP contribution in [-0.2, 0) is 0 Å². The molecule has 0 aliphatic carbocycles. The zero-order valence-corrected chi connectivity index (χ0v) is 16.3. The molecule has 0 aliphatic rings. The Kier molecular flexibility index (Phi) is 4.41. The molecule has 3 aromatic carbocycles. The van der Waals surface area contributed by atoms with E-state index in [1.807, 2.05) is 84.9 Å². The predicted octanol–water partition coefficient (Wildman–Crippen LogP) is 5.32. The van der Waals surface area contributed by atoms with Crippen molar-refractivity contribution in [2.75, 3.05) is 7.11 Å². The fraction of sp³-hybridized carbons (Fsp3) is 0.0400. The number of para-hydroxylation sites is 2. The summed E-state index contributed by atoms with van der Waals surface area (Å²) in [6.45, 7) is 0. The van der Waals surface area contributed by atoms with Gasteiger partial charge in [0.15, 0.2) is 0 Å². The maximum atomic E-state index is 12.8. The van der Waals surface area contributed by atoms with Crippen LogP contribution in [0, 0.1) is 0 Å². The van der Waals surface area contributed by atoms with E-state index in [1.54, 1.807) is 17.9 Å². The van der Waals surface area contributed by atoms with Crippen molar-refractivity contribution in [1.82, 2.24) is 9.78 Å². The minimum atomic E-state index is -0.396. The molecule has 0 radical (unpaired) electrons. The number of hydrogen-bond acceptors (Lipinski definition) is 4. The molecule has 5 heteroatoms. The molecule has 0 spiro atoms. The van der Waals surface area contributed by atoms with E-state index in [4.69, 9.17) is 14.3 Å².